The second-order valence-electron chi connectivity index (χ2n) is 10.6. The molecule has 0 aliphatic heterocycles. The van der Waals surface area contributed by atoms with Gasteiger partial charge in [-0.25, -0.2) is 0 Å². The van der Waals surface area contributed by atoms with Crippen molar-refractivity contribution in [3.8, 4) is 0 Å². The van der Waals surface area contributed by atoms with Crippen molar-refractivity contribution < 1.29 is 0 Å². The van der Waals surface area contributed by atoms with Crippen LogP contribution in [0.25, 0.3) is 5.57 Å². The van der Waals surface area contributed by atoms with E-state index in [1.807, 2.05) is 0 Å². The van der Waals surface area contributed by atoms with Gasteiger partial charge in [-0.05, 0) is 68.9 Å². The molecule has 0 spiro atoms. The lowest BCUT2D eigenvalue weighted by molar-refractivity contribution is 0.518. The van der Waals surface area contributed by atoms with Gasteiger partial charge in [0, 0.05) is 5.92 Å². The van der Waals surface area contributed by atoms with Crippen molar-refractivity contribution in [2.75, 3.05) is 0 Å². The van der Waals surface area contributed by atoms with Gasteiger partial charge < -0.3 is 0 Å². The van der Waals surface area contributed by atoms with Crippen LogP contribution in [0, 0.1) is 17.8 Å². The molecule has 0 saturated heterocycles. The Balaban J connectivity index is 3.05. The van der Waals surface area contributed by atoms with Crippen molar-refractivity contribution >= 4 is 5.57 Å². The average Bonchev–Trinajstić information content (AvgIpc) is 2.87. The van der Waals surface area contributed by atoms with E-state index in [4.69, 9.17) is 0 Å². The van der Waals surface area contributed by atoms with Crippen LogP contribution in [0.4, 0.5) is 0 Å². The quantitative estimate of drug-likeness (QED) is 0.470. The third kappa shape index (κ3) is 3.79. The van der Waals surface area contributed by atoms with Gasteiger partial charge in [-0.3, -0.25) is 0 Å². The van der Waals surface area contributed by atoms with Gasteiger partial charge in [0.05, 0.1) is 0 Å². The Kier molecular flexibility index (Phi) is 6.71. The van der Waals surface area contributed by atoms with E-state index in [9.17, 15) is 0 Å². The summed E-state index contributed by atoms with van der Waals surface area (Å²) in [4.78, 5) is 0. The predicted octanol–water partition coefficient (Wildman–Crippen LogP) is 8.88. The van der Waals surface area contributed by atoms with Crippen LogP contribution in [0.3, 0.4) is 0 Å². The molecule has 1 unspecified atom stereocenters. The van der Waals surface area contributed by atoms with Gasteiger partial charge in [-0.15, -0.1) is 0 Å². The summed E-state index contributed by atoms with van der Waals surface area (Å²) in [5.74, 6) is 4.10. The summed E-state index contributed by atoms with van der Waals surface area (Å²) in [7, 11) is 0. The van der Waals surface area contributed by atoms with Crippen LogP contribution in [0.2, 0.25) is 0 Å². The Morgan fingerprint density at radius 1 is 0.593 bits per heavy atom. The molecule has 0 fully saturated rings. The standard InChI is InChI=1S/C27H44/c1-14(2)20-13-21-23(16(5)6)24(17(7)8)26(19(11)12)27(21)25(18(9)10)22(20)15(3)4/h13-19,23H,1-12H3. The van der Waals surface area contributed by atoms with Crippen molar-refractivity contribution in [1.29, 1.82) is 0 Å². The maximum Gasteiger partial charge on any atom is 0.00861 e. The summed E-state index contributed by atoms with van der Waals surface area (Å²) in [5.41, 5.74) is 11.5. The zero-order valence-electron chi connectivity index (χ0n) is 20.1. The van der Waals surface area contributed by atoms with Crippen LogP contribution in [-0.4, -0.2) is 0 Å². The SMILES string of the molecule is CC(C)C1=C(C(C)C)C(C(C)C)c2cc(C(C)C)c(C(C)C)c(C(C)C)c21. The Morgan fingerprint density at radius 2 is 1.11 bits per heavy atom. The number of hydrogen-bond donors (Lipinski definition) is 0. The minimum atomic E-state index is 0.558. The molecule has 1 aliphatic rings. The second kappa shape index (κ2) is 8.14. The molecule has 0 amide bonds. The van der Waals surface area contributed by atoms with E-state index in [0.29, 0.717) is 41.4 Å². The topological polar surface area (TPSA) is 0 Å². The maximum absolute atomic E-state index is 2.61. The van der Waals surface area contributed by atoms with Gasteiger partial charge in [0.15, 0.2) is 0 Å². The van der Waals surface area contributed by atoms with Crippen molar-refractivity contribution in [3.05, 3.63) is 39.5 Å². The van der Waals surface area contributed by atoms with E-state index in [-0.39, 0.29) is 0 Å². The predicted molar refractivity (Wildman–Crippen MR) is 123 cm³/mol. The molecule has 152 valence electrons. The van der Waals surface area contributed by atoms with Gasteiger partial charge in [0.25, 0.3) is 0 Å². The smallest absolute Gasteiger partial charge is 0.00861 e. The van der Waals surface area contributed by atoms with Crippen LogP contribution in [0.15, 0.2) is 11.6 Å². The molecule has 27 heavy (non-hydrogen) atoms. The van der Waals surface area contributed by atoms with Gasteiger partial charge in [-0.1, -0.05) is 94.7 Å². The number of benzene rings is 1. The van der Waals surface area contributed by atoms with Crippen molar-refractivity contribution in [3.63, 3.8) is 0 Å². The summed E-state index contributed by atoms with van der Waals surface area (Å²) in [6.45, 7) is 28.8. The molecule has 0 nitrogen and oxygen atoms in total. The van der Waals surface area contributed by atoms with E-state index in [1.165, 1.54) is 0 Å². The molecular weight excluding hydrogens is 324 g/mol. The van der Waals surface area contributed by atoms with E-state index in [0.717, 1.165) is 0 Å². The van der Waals surface area contributed by atoms with E-state index >= 15 is 0 Å². The lowest BCUT2D eigenvalue weighted by Crippen LogP contribution is -2.14. The normalized spacial score (nSPS) is 17.6. The molecule has 0 saturated carbocycles. The molecule has 0 bridgehead atoms. The largest absolute Gasteiger partial charge is 0.0619 e. The first kappa shape index (κ1) is 22.3. The lowest BCUT2D eigenvalue weighted by atomic mass is 9.75. The fraction of sp³-hybridized carbons (Fsp3) is 0.704. The fourth-order valence-electron chi connectivity index (χ4n) is 5.52. The number of rotatable bonds is 6. The van der Waals surface area contributed by atoms with Gasteiger partial charge in [-0.2, -0.15) is 0 Å². The molecule has 0 heteroatoms. The Hall–Kier alpha value is -1.04. The highest BCUT2D eigenvalue weighted by atomic mass is 14.4. The number of allylic oxidation sites excluding steroid dienone is 2. The highest BCUT2D eigenvalue weighted by Crippen LogP contribution is 2.55. The van der Waals surface area contributed by atoms with Crippen LogP contribution < -0.4 is 0 Å². The average molecular weight is 369 g/mol. The molecule has 1 aliphatic carbocycles. The third-order valence-corrected chi connectivity index (χ3v) is 6.36. The molecule has 2 rings (SSSR count). The Morgan fingerprint density at radius 3 is 1.44 bits per heavy atom. The second-order valence-corrected chi connectivity index (χ2v) is 10.6. The minimum Gasteiger partial charge on any atom is -0.0619 e. The molecule has 1 atom stereocenters. The monoisotopic (exact) mass is 368 g/mol. The van der Waals surface area contributed by atoms with Crippen molar-refractivity contribution in [1.82, 2.24) is 0 Å². The summed E-state index contributed by atoms with van der Waals surface area (Å²) in [5, 5.41) is 0. The molecule has 0 aromatic heterocycles. The van der Waals surface area contributed by atoms with Crippen molar-refractivity contribution in [2.24, 2.45) is 17.8 Å². The molecule has 0 radical (unpaired) electrons. The Bertz CT molecular complexity index is 708. The van der Waals surface area contributed by atoms with Crippen LogP contribution >= 0.6 is 0 Å². The highest BCUT2D eigenvalue weighted by molar-refractivity contribution is 5.83. The molecule has 0 heterocycles. The zero-order chi connectivity index (χ0) is 20.8. The summed E-state index contributed by atoms with van der Waals surface area (Å²) >= 11 is 0. The molecule has 1 aromatic carbocycles. The summed E-state index contributed by atoms with van der Waals surface area (Å²) < 4.78 is 0. The summed E-state index contributed by atoms with van der Waals surface area (Å²) in [6, 6.07) is 2.61. The zero-order valence-corrected chi connectivity index (χ0v) is 20.1. The van der Waals surface area contributed by atoms with Crippen LogP contribution in [0.5, 0.6) is 0 Å². The first-order chi connectivity index (χ1) is 12.4. The molecule has 1 aromatic rings. The maximum atomic E-state index is 2.61. The fourth-order valence-corrected chi connectivity index (χ4v) is 5.52. The van der Waals surface area contributed by atoms with Crippen LogP contribution in [-0.2, 0) is 0 Å². The molecule has 0 N–H and O–H groups in total. The molecular formula is C27H44. The highest BCUT2D eigenvalue weighted by Gasteiger charge is 2.39. The van der Waals surface area contributed by atoms with Crippen molar-refractivity contribution in [2.45, 2.75) is 107 Å². The first-order valence-electron chi connectivity index (χ1n) is 11.4. The Labute approximate surface area is 169 Å². The van der Waals surface area contributed by atoms with Gasteiger partial charge in [0.1, 0.15) is 0 Å². The minimum absolute atomic E-state index is 0.558. The lowest BCUT2D eigenvalue weighted by Gasteiger charge is -2.29. The number of hydrogen-bond acceptors (Lipinski definition) is 0. The van der Waals surface area contributed by atoms with E-state index < -0.39 is 0 Å². The van der Waals surface area contributed by atoms with E-state index in [1.54, 1.807) is 39.0 Å². The number of fused-ring (bicyclic) bond motifs is 1. The van der Waals surface area contributed by atoms with Crippen LogP contribution in [0.1, 0.15) is 135 Å². The van der Waals surface area contributed by atoms with Gasteiger partial charge in [0.2, 0.25) is 0 Å². The van der Waals surface area contributed by atoms with Gasteiger partial charge >= 0.3 is 0 Å². The van der Waals surface area contributed by atoms with E-state index in [2.05, 4.69) is 89.2 Å². The third-order valence-electron chi connectivity index (χ3n) is 6.36. The summed E-state index contributed by atoms with van der Waals surface area (Å²) in [6.07, 6.45) is 0. The first-order valence-corrected chi connectivity index (χ1v) is 11.4.